The van der Waals surface area contributed by atoms with E-state index in [-0.39, 0.29) is 22.1 Å². The van der Waals surface area contributed by atoms with Gasteiger partial charge in [-0.25, -0.2) is 18.1 Å². The van der Waals surface area contributed by atoms with Crippen molar-refractivity contribution in [3.63, 3.8) is 0 Å². The predicted octanol–water partition coefficient (Wildman–Crippen LogP) is 6.03. The molecule has 6 nitrogen and oxygen atoms in total. The number of hydrogen-bond acceptors (Lipinski definition) is 5. The maximum absolute atomic E-state index is 12.9. The van der Waals surface area contributed by atoms with Crippen LogP contribution < -0.4 is 9.46 Å². The molecule has 4 rings (SSSR count). The lowest BCUT2D eigenvalue weighted by molar-refractivity contribution is 0.463. The predicted molar refractivity (Wildman–Crippen MR) is 130 cm³/mol. The molecular weight excluding hydrogens is 434 g/mol. The van der Waals surface area contributed by atoms with Crippen molar-refractivity contribution in [3.05, 3.63) is 96.6 Å². The first-order valence-electron chi connectivity index (χ1n) is 10.5. The molecule has 168 valence electrons. The molecule has 33 heavy (non-hydrogen) atoms. The minimum Gasteiger partial charge on any atom is -0.439 e. The molecule has 1 aromatic heterocycles. The van der Waals surface area contributed by atoms with Crippen LogP contribution in [0.15, 0.2) is 95.9 Å². The molecule has 0 saturated carbocycles. The summed E-state index contributed by atoms with van der Waals surface area (Å²) in [6, 6.07) is 26.9. The molecule has 0 unspecified atom stereocenters. The number of hydrogen-bond donors (Lipinski definition) is 1. The summed E-state index contributed by atoms with van der Waals surface area (Å²) in [6.45, 7) is 6.36. The van der Waals surface area contributed by atoms with Gasteiger partial charge in [-0.15, -0.1) is 0 Å². The molecule has 1 heterocycles. The maximum Gasteiger partial charge on any atom is 0.264 e. The second kappa shape index (κ2) is 9.03. The normalized spacial score (nSPS) is 11.7. The highest BCUT2D eigenvalue weighted by atomic mass is 32.2. The van der Waals surface area contributed by atoms with Crippen molar-refractivity contribution in [1.29, 1.82) is 0 Å². The molecular formula is C26H25N3O3S. The first kappa shape index (κ1) is 22.5. The van der Waals surface area contributed by atoms with Crippen LogP contribution in [0, 0.1) is 0 Å². The van der Waals surface area contributed by atoms with Crippen LogP contribution in [0.25, 0.3) is 11.3 Å². The van der Waals surface area contributed by atoms with E-state index in [1.54, 1.807) is 36.4 Å². The van der Waals surface area contributed by atoms with Gasteiger partial charge in [0.1, 0.15) is 5.75 Å². The average molecular weight is 460 g/mol. The minimum absolute atomic E-state index is 0.0639. The first-order valence-corrected chi connectivity index (χ1v) is 12.0. The Bertz CT molecular complexity index is 1350. The monoisotopic (exact) mass is 459 g/mol. The van der Waals surface area contributed by atoms with Gasteiger partial charge in [0.15, 0.2) is 0 Å². The molecule has 0 aliphatic carbocycles. The van der Waals surface area contributed by atoms with E-state index in [1.807, 2.05) is 42.5 Å². The van der Waals surface area contributed by atoms with E-state index < -0.39 is 10.0 Å². The topological polar surface area (TPSA) is 81.2 Å². The Hall–Kier alpha value is -3.71. The third kappa shape index (κ3) is 5.38. The van der Waals surface area contributed by atoms with Crippen LogP contribution in [0.3, 0.4) is 0 Å². The molecule has 0 radical (unpaired) electrons. The van der Waals surface area contributed by atoms with E-state index in [0.717, 1.165) is 11.1 Å². The molecule has 0 saturated heterocycles. The van der Waals surface area contributed by atoms with Crippen molar-refractivity contribution >= 4 is 16.0 Å². The number of sulfonamides is 1. The number of benzene rings is 3. The largest absolute Gasteiger partial charge is 0.439 e. The number of nitrogens with one attached hydrogen (secondary N) is 1. The summed E-state index contributed by atoms with van der Waals surface area (Å²) >= 11 is 0. The number of para-hydroxylation sites is 1. The van der Waals surface area contributed by atoms with Gasteiger partial charge in [-0.05, 0) is 35.2 Å². The average Bonchev–Trinajstić information content (AvgIpc) is 2.79. The molecule has 0 aliphatic heterocycles. The van der Waals surface area contributed by atoms with Crippen molar-refractivity contribution in [2.24, 2.45) is 0 Å². The molecule has 4 aromatic rings. The van der Waals surface area contributed by atoms with Crippen molar-refractivity contribution in [1.82, 2.24) is 9.97 Å². The highest BCUT2D eigenvalue weighted by Gasteiger charge is 2.22. The SMILES string of the molecule is CC(C)(C)c1ccccc1-c1cc(Oc2ccccc2)nc(NS(=O)(=O)c2ccccc2)n1. The zero-order valence-electron chi connectivity index (χ0n) is 18.7. The number of nitrogens with zero attached hydrogens (tertiary/aromatic N) is 2. The Kier molecular flexibility index (Phi) is 6.16. The number of aromatic nitrogens is 2. The quantitative estimate of drug-likeness (QED) is 0.380. The van der Waals surface area contributed by atoms with Gasteiger partial charge in [-0.3, -0.25) is 0 Å². The number of ether oxygens (including phenoxy) is 1. The van der Waals surface area contributed by atoms with Crippen LogP contribution in [-0.4, -0.2) is 18.4 Å². The molecule has 0 bridgehead atoms. The molecule has 0 aliphatic rings. The van der Waals surface area contributed by atoms with E-state index in [2.05, 4.69) is 35.5 Å². The fraction of sp³-hybridized carbons (Fsp3) is 0.154. The summed E-state index contributed by atoms with van der Waals surface area (Å²) in [5, 5.41) is 0. The van der Waals surface area contributed by atoms with E-state index in [9.17, 15) is 8.42 Å². The van der Waals surface area contributed by atoms with E-state index >= 15 is 0 Å². The van der Waals surface area contributed by atoms with Crippen LogP contribution in [0.2, 0.25) is 0 Å². The Labute approximate surface area is 194 Å². The van der Waals surface area contributed by atoms with Crippen LogP contribution in [-0.2, 0) is 15.4 Å². The summed E-state index contributed by atoms with van der Waals surface area (Å²) in [4.78, 5) is 9.01. The molecule has 0 fully saturated rings. The third-order valence-electron chi connectivity index (χ3n) is 4.96. The smallest absolute Gasteiger partial charge is 0.264 e. The first-order chi connectivity index (χ1) is 15.7. The number of rotatable bonds is 6. The minimum atomic E-state index is -3.87. The van der Waals surface area contributed by atoms with E-state index in [0.29, 0.717) is 11.4 Å². The summed E-state index contributed by atoms with van der Waals surface area (Å²) in [6.07, 6.45) is 0. The van der Waals surface area contributed by atoms with Crippen molar-refractivity contribution < 1.29 is 13.2 Å². The van der Waals surface area contributed by atoms with Gasteiger partial charge in [0.25, 0.3) is 10.0 Å². The lowest BCUT2D eigenvalue weighted by atomic mass is 9.83. The van der Waals surface area contributed by atoms with Crippen LogP contribution in [0.4, 0.5) is 5.95 Å². The zero-order valence-corrected chi connectivity index (χ0v) is 19.5. The van der Waals surface area contributed by atoms with Gasteiger partial charge < -0.3 is 4.74 Å². The Balaban J connectivity index is 1.82. The van der Waals surface area contributed by atoms with Gasteiger partial charge in [-0.2, -0.15) is 4.98 Å². The highest BCUT2D eigenvalue weighted by molar-refractivity contribution is 7.92. The molecule has 7 heteroatoms. The fourth-order valence-electron chi connectivity index (χ4n) is 3.41. The summed E-state index contributed by atoms with van der Waals surface area (Å²) in [7, 11) is -3.87. The van der Waals surface area contributed by atoms with Crippen LogP contribution in [0.5, 0.6) is 11.6 Å². The van der Waals surface area contributed by atoms with Crippen LogP contribution in [0.1, 0.15) is 26.3 Å². The van der Waals surface area contributed by atoms with E-state index in [4.69, 9.17) is 4.74 Å². The van der Waals surface area contributed by atoms with Gasteiger partial charge in [0, 0.05) is 11.6 Å². The lowest BCUT2D eigenvalue weighted by Crippen LogP contribution is -2.16. The summed E-state index contributed by atoms with van der Waals surface area (Å²) < 4.78 is 34.3. The lowest BCUT2D eigenvalue weighted by Gasteiger charge is -2.23. The summed E-state index contributed by atoms with van der Waals surface area (Å²) in [5.74, 6) is 0.759. The molecule has 0 atom stereocenters. The van der Waals surface area contributed by atoms with Gasteiger partial charge in [-0.1, -0.05) is 81.4 Å². The fourth-order valence-corrected chi connectivity index (χ4v) is 4.37. The van der Waals surface area contributed by atoms with Crippen molar-refractivity contribution in [3.8, 4) is 22.9 Å². The zero-order chi connectivity index (χ0) is 23.5. The molecule has 0 amide bonds. The van der Waals surface area contributed by atoms with Gasteiger partial charge in [0.2, 0.25) is 11.8 Å². The van der Waals surface area contributed by atoms with Gasteiger partial charge in [0.05, 0.1) is 10.6 Å². The molecule has 3 aromatic carbocycles. The third-order valence-corrected chi connectivity index (χ3v) is 6.30. The molecule has 1 N–H and O–H groups in total. The standard InChI is InChI=1S/C26H25N3O3S/c1-26(2,3)22-17-11-10-16-21(22)23-18-24(32-19-12-6-4-7-13-19)28-25(27-23)29-33(30,31)20-14-8-5-9-15-20/h4-18H,1-3H3,(H,27,28,29). The Morgan fingerprint density at radius 2 is 1.39 bits per heavy atom. The highest BCUT2D eigenvalue weighted by Crippen LogP contribution is 2.34. The second-order valence-electron chi connectivity index (χ2n) is 8.54. The Morgan fingerprint density at radius 1 is 0.788 bits per heavy atom. The second-order valence-corrected chi connectivity index (χ2v) is 10.2. The van der Waals surface area contributed by atoms with Crippen molar-refractivity contribution in [2.75, 3.05) is 4.72 Å². The molecule has 0 spiro atoms. The maximum atomic E-state index is 12.9. The summed E-state index contributed by atoms with van der Waals surface area (Å²) in [5.41, 5.74) is 2.37. The van der Waals surface area contributed by atoms with Crippen molar-refractivity contribution in [2.45, 2.75) is 31.1 Å². The van der Waals surface area contributed by atoms with E-state index in [1.165, 1.54) is 12.1 Å². The number of anilines is 1. The van der Waals surface area contributed by atoms with Crippen LogP contribution >= 0.6 is 0 Å². The van der Waals surface area contributed by atoms with Gasteiger partial charge >= 0.3 is 0 Å². The Morgan fingerprint density at radius 3 is 2.06 bits per heavy atom.